The lowest BCUT2D eigenvalue weighted by molar-refractivity contribution is -0.139. The molecule has 1 fully saturated rings. The van der Waals surface area contributed by atoms with Crippen LogP contribution in [0.25, 0.3) is 6.08 Å². The van der Waals surface area contributed by atoms with Crippen molar-refractivity contribution in [2.45, 2.75) is 19.9 Å². The molecule has 1 aromatic heterocycles. The molecule has 1 saturated heterocycles. The van der Waals surface area contributed by atoms with Gasteiger partial charge >= 0.3 is 5.97 Å². The third kappa shape index (κ3) is 6.20. The molecule has 3 aromatic rings. The van der Waals surface area contributed by atoms with Crippen LogP contribution in [0.3, 0.4) is 0 Å². The van der Waals surface area contributed by atoms with E-state index in [1.807, 2.05) is 18.2 Å². The van der Waals surface area contributed by atoms with E-state index in [0.717, 1.165) is 0 Å². The summed E-state index contributed by atoms with van der Waals surface area (Å²) in [4.78, 5) is 46.4. The van der Waals surface area contributed by atoms with Crippen LogP contribution in [0.15, 0.2) is 63.5 Å². The number of hydrogen-bond acceptors (Lipinski definition) is 10. The van der Waals surface area contributed by atoms with Crippen LogP contribution in [-0.2, 0) is 19.1 Å². The number of rotatable bonds is 9. The Morgan fingerprint density at radius 2 is 1.81 bits per heavy atom. The van der Waals surface area contributed by atoms with Crippen LogP contribution < -0.4 is 29.1 Å². The smallest absolute Gasteiger partial charge is 0.338 e. The Balaban J connectivity index is 1.51. The SMILES string of the molecule is CCOC(=O)C1=C(C)N=c2s/c(=C/c3ccc(OCC(=O)N4CCOCC4)c(OC)c3)c(=O)n2[C@@H]1c1ccccc1OC. The Labute approximate surface area is 252 Å². The summed E-state index contributed by atoms with van der Waals surface area (Å²) in [6, 6.07) is 11.7. The zero-order valence-electron chi connectivity index (χ0n) is 24.5. The molecule has 43 heavy (non-hydrogen) atoms. The molecular weight excluding hydrogens is 574 g/mol. The summed E-state index contributed by atoms with van der Waals surface area (Å²) in [6.45, 7) is 5.62. The van der Waals surface area contributed by atoms with Crippen molar-refractivity contribution < 1.29 is 33.3 Å². The van der Waals surface area contributed by atoms with E-state index in [0.29, 0.717) is 69.7 Å². The van der Waals surface area contributed by atoms with Crippen molar-refractivity contribution in [3.8, 4) is 17.2 Å². The molecule has 1 amide bonds. The van der Waals surface area contributed by atoms with E-state index in [2.05, 4.69) is 4.99 Å². The molecule has 0 saturated carbocycles. The number of morpholine rings is 1. The molecule has 1 atom stereocenters. The number of carbonyl (C=O) groups excluding carboxylic acids is 2. The molecule has 2 aromatic carbocycles. The molecule has 3 heterocycles. The second-order valence-corrected chi connectivity index (χ2v) is 10.7. The van der Waals surface area contributed by atoms with Crippen LogP contribution in [0.4, 0.5) is 0 Å². The van der Waals surface area contributed by atoms with Crippen molar-refractivity contribution in [1.82, 2.24) is 9.47 Å². The van der Waals surface area contributed by atoms with E-state index in [1.54, 1.807) is 56.2 Å². The average Bonchev–Trinajstić information content (AvgIpc) is 3.33. The Bertz CT molecular complexity index is 1740. The summed E-state index contributed by atoms with van der Waals surface area (Å²) >= 11 is 1.22. The standard InChI is InChI=1S/C31H33N3O8S/c1-5-41-30(37)27-19(2)32-31-34(28(27)21-8-6-7-9-22(21)38-3)29(36)25(43-31)17-20-10-11-23(24(16-20)39-4)42-18-26(35)33-12-14-40-15-13-33/h6-11,16-17,28H,5,12-15,18H2,1-4H3/b25-17+/t28-/m1/s1. The Morgan fingerprint density at radius 1 is 1.07 bits per heavy atom. The molecular formula is C31H33N3O8S. The number of carbonyl (C=O) groups is 2. The van der Waals surface area contributed by atoms with Gasteiger partial charge in [-0.25, -0.2) is 9.79 Å². The first-order valence-electron chi connectivity index (χ1n) is 13.8. The number of hydrogen-bond donors (Lipinski definition) is 0. The number of esters is 1. The topological polar surface area (TPSA) is 118 Å². The maximum absolute atomic E-state index is 13.9. The third-order valence-corrected chi connectivity index (χ3v) is 8.13. The van der Waals surface area contributed by atoms with Crippen molar-refractivity contribution in [3.63, 3.8) is 0 Å². The van der Waals surface area contributed by atoms with Gasteiger partial charge in [0.05, 0.1) is 49.8 Å². The molecule has 0 N–H and O–H groups in total. The van der Waals surface area contributed by atoms with Crippen LogP contribution in [-0.4, -0.2) is 75.1 Å². The summed E-state index contributed by atoms with van der Waals surface area (Å²) in [5.41, 5.74) is 1.76. The first-order chi connectivity index (χ1) is 20.9. The van der Waals surface area contributed by atoms with Crippen molar-refractivity contribution in [3.05, 3.63) is 84.5 Å². The van der Waals surface area contributed by atoms with Gasteiger partial charge in [-0.15, -0.1) is 0 Å². The molecule has 2 aliphatic rings. The van der Waals surface area contributed by atoms with E-state index in [4.69, 9.17) is 23.7 Å². The Morgan fingerprint density at radius 3 is 2.53 bits per heavy atom. The second kappa shape index (κ2) is 13.3. The van der Waals surface area contributed by atoms with Gasteiger partial charge in [0.1, 0.15) is 11.8 Å². The second-order valence-electron chi connectivity index (χ2n) is 9.74. The van der Waals surface area contributed by atoms with Gasteiger partial charge in [-0.1, -0.05) is 35.6 Å². The van der Waals surface area contributed by atoms with Crippen LogP contribution in [0.5, 0.6) is 17.2 Å². The fraction of sp³-hybridized carbons (Fsp3) is 0.355. The molecule has 226 valence electrons. The summed E-state index contributed by atoms with van der Waals surface area (Å²) in [7, 11) is 3.05. The average molecular weight is 608 g/mol. The maximum atomic E-state index is 13.9. The largest absolute Gasteiger partial charge is 0.496 e. The minimum Gasteiger partial charge on any atom is -0.496 e. The number of allylic oxidation sites excluding steroid dienone is 1. The van der Waals surface area contributed by atoms with Crippen molar-refractivity contribution in [1.29, 1.82) is 0 Å². The molecule has 0 radical (unpaired) electrons. The number of thiazole rings is 1. The maximum Gasteiger partial charge on any atom is 0.338 e. The first-order valence-corrected chi connectivity index (χ1v) is 14.7. The summed E-state index contributed by atoms with van der Waals surface area (Å²) < 4.78 is 29.5. The van der Waals surface area contributed by atoms with Gasteiger partial charge < -0.3 is 28.6 Å². The number of nitrogens with zero attached hydrogens (tertiary/aromatic N) is 3. The molecule has 11 nitrogen and oxygen atoms in total. The number of amides is 1. The zero-order valence-corrected chi connectivity index (χ0v) is 25.3. The van der Waals surface area contributed by atoms with Crippen LogP contribution in [0.1, 0.15) is 31.0 Å². The monoisotopic (exact) mass is 607 g/mol. The van der Waals surface area contributed by atoms with E-state index in [-0.39, 0.29) is 30.3 Å². The Kier molecular flexibility index (Phi) is 9.27. The highest BCUT2D eigenvalue weighted by atomic mass is 32.1. The zero-order chi connectivity index (χ0) is 30.5. The van der Waals surface area contributed by atoms with E-state index in [9.17, 15) is 14.4 Å². The van der Waals surface area contributed by atoms with Crippen molar-refractivity contribution in [2.75, 3.05) is 53.7 Å². The fourth-order valence-corrected chi connectivity index (χ4v) is 6.11. The molecule has 0 spiro atoms. The Hall–Kier alpha value is -4.42. The van der Waals surface area contributed by atoms with Crippen molar-refractivity contribution >= 4 is 29.3 Å². The summed E-state index contributed by atoms with van der Waals surface area (Å²) in [6.07, 6.45) is 1.73. The first kappa shape index (κ1) is 30.1. The molecule has 12 heteroatoms. The van der Waals surface area contributed by atoms with Gasteiger partial charge in [-0.2, -0.15) is 0 Å². The van der Waals surface area contributed by atoms with Crippen LogP contribution >= 0.6 is 11.3 Å². The molecule has 2 aliphatic heterocycles. The summed E-state index contributed by atoms with van der Waals surface area (Å²) in [5, 5.41) is 0. The highest BCUT2D eigenvalue weighted by molar-refractivity contribution is 7.07. The van der Waals surface area contributed by atoms with Gasteiger partial charge in [0.25, 0.3) is 11.5 Å². The lowest BCUT2D eigenvalue weighted by atomic mass is 9.95. The highest BCUT2D eigenvalue weighted by Crippen LogP contribution is 2.35. The molecule has 5 rings (SSSR count). The lowest BCUT2D eigenvalue weighted by Gasteiger charge is -2.26. The number of ether oxygens (including phenoxy) is 5. The van der Waals surface area contributed by atoms with Gasteiger partial charge in [-0.05, 0) is 43.7 Å². The fourth-order valence-electron chi connectivity index (χ4n) is 5.07. The predicted octanol–water partition coefficient (Wildman–Crippen LogP) is 2.05. The van der Waals surface area contributed by atoms with E-state index < -0.39 is 12.0 Å². The van der Waals surface area contributed by atoms with Gasteiger partial charge in [0, 0.05) is 18.7 Å². The minimum atomic E-state index is -0.789. The quantitative estimate of drug-likeness (QED) is 0.340. The molecule has 0 unspecified atom stereocenters. The molecule has 0 bridgehead atoms. The number of benzene rings is 2. The molecule has 0 aliphatic carbocycles. The predicted molar refractivity (Wildman–Crippen MR) is 159 cm³/mol. The third-order valence-electron chi connectivity index (χ3n) is 7.15. The van der Waals surface area contributed by atoms with E-state index in [1.165, 1.54) is 23.0 Å². The van der Waals surface area contributed by atoms with Gasteiger partial charge in [0.15, 0.2) is 22.9 Å². The van der Waals surface area contributed by atoms with Crippen LogP contribution in [0.2, 0.25) is 0 Å². The summed E-state index contributed by atoms with van der Waals surface area (Å²) in [5.74, 6) is 0.697. The van der Waals surface area contributed by atoms with Gasteiger partial charge in [-0.3, -0.25) is 14.2 Å². The van der Waals surface area contributed by atoms with Crippen LogP contribution in [0, 0.1) is 0 Å². The number of methoxy groups -OCH3 is 2. The normalized spacial score (nSPS) is 16.8. The lowest BCUT2D eigenvalue weighted by Crippen LogP contribution is -2.43. The number of para-hydroxylation sites is 1. The van der Waals surface area contributed by atoms with Gasteiger partial charge in [0.2, 0.25) is 0 Å². The number of fused-ring (bicyclic) bond motifs is 1. The van der Waals surface area contributed by atoms with E-state index >= 15 is 0 Å². The minimum absolute atomic E-state index is 0.126. The highest BCUT2D eigenvalue weighted by Gasteiger charge is 2.35. The number of aromatic nitrogens is 1. The van der Waals surface area contributed by atoms with Crippen molar-refractivity contribution in [2.24, 2.45) is 4.99 Å².